The number of pyridine rings is 1. The molecule has 0 atom stereocenters. The molecule has 1 heterocycles. The van der Waals surface area contributed by atoms with Crippen molar-refractivity contribution >= 4 is 11.6 Å². The van der Waals surface area contributed by atoms with E-state index >= 15 is 0 Å². The van der Waals surface area contributed by atoms with Crippen LogP contribution >= 0.6 is 0 Å². The molecule has 0 unspecified atom stereocenters. The SMILES string of the molecule is CCC(C)=NNC(=O)c1ccccn1. The van der Waals surface area contributed by atoms with Crippen molar-refractivity contribution in [1.82, 2.24) is 10.4 Å². The van der Waals surface area contributed by atoms with E-state index in [1.807, 2.05) is 13.8 Å². The van der Waals surface area contributed by atoms with Crippen molar-refractivity contribution in [2.24, 2.45) is 5.10 Å². The second-order valence-electron chi connectivity index (χ2n) is 2.86. The summed E-state index contributed by atoms with van der Waals surface area (Å²) in [7, 11) is 0. The Bertz CT molecular complexity index is 332. The minimum Gasteiger partial charge on any atom is -0.266 e. The first-order chi connectivity index (χ1) is 6.74. The molecule has 14 heavy (non-hydrogen) atoms. The molecule has 4 heteroatoms. The molecule has 1 rings (SSSR count). The molecule has 1 aromatic rings. The zero-order chi connectivity index (χ0) is 10.4. The van der Waals surface area contributed by atoms with Gasteiger partial charge in [-0.05, 0) is 25.5 Å². The Morgan fingerprint density at radius 2 is 2.36 bits per heavy atom. The quantitative estimate of drug-likeness (QED) is 0.582. The molecule has 0 fully saturated rings. The average molecular weight is 191 g/mol. The van der Waals surface area contributed by atoms with Gasteiger partial charge in [0.2, 0.25) is 0 Å². The molecule has 4 nitrogen and oxygen atoms in total. The van der Waals surface area contributed by atoms with Crippen LogP contribution in [0.2, 0.25) is 0 Å². The van der Waals surface area contributed by atoms with Crippen LogP contribution in [-0.2, 0) is 0 Å². The Morgan fingerprint density at radius 3 is 2.93 bits per heavy atom. The van der Waals surface area contributed by atoms with Crippen LogP contribution in [0.5, 0.6) is 0 Å². The molecule has 0 aromatic carbocycles. The Balaban J connectivity index is 2.60. The third-order valence-corrected chi connectivity index (χ3v) is 1.76. The fraction of sp³-hybridized carbons (Fsp3) is 0.300. The normalized spacial score (nSPS) is 11.1. The zero-order valence-corrected chi connectivity index (χ0v) is 8.32. The Kier molecular flexibility index (Phi) is 3.79. The number of hydrogen-bond acceptors (Lipinski definition) is 3. The number of hydrogen-bond donors (Lipinski definition) is 1. The molecular weight excluding hydrogens is 178 g/mol. The fourth-order valence-electron chi connectivity index (χ4n) is 0.780. The van der Waals surface area contributed by atoms with Gasteiger partial charge in [-0.15, -0.1) is 0 Å². The molecule has 0 bridgehead atoms. The maximum absolute atomic E-state index is 11.4. The van der Waals surface area contributed by atoms with Gasteiger partial charge < -0.3 is 0 Å². The molecule has 0 saturated carbocycles. The number of nitrogens with zero attached hydrogens (tertiary/aromatic N) is 2. The number of carbonyl (C=O) groups is 1. The van der Waals surface area contributed by atoms with Gasteiger partial charge in [0.05, 0.1) is 0 Å². The molecule has 0 aliphatic rings. The van der Waals surface area contributed by atoms with E-state index in [2.05, 4.69) is 15.5 Å². The Hall–Kier alpha value is -1.71. The van der Waals surface area contributed by atoms with Crippen LogP contribution < -0.4 is 5.43 Å². The van der Waals surface area contributed by atoms with Gasteiger partial charge in [0.15, 0.2) is 0 Å². The minimum atomic E-state index is -0.279. The van der Waals surface area contributed by atoms with Gasteiger partial charge in [-0.2, -0.15) is 5.10 Å². The number of hydrazone groups is 1. The van der Waals surface area contributed by atoms with Crippen LogP contribution in [0.1, 0.15) is 30.8 Å². The maximum Gasteiger partial charge on any atom is 0.289 e. The van der Waals surface area contributed by atoms with E-state index in [0.717, 1.165) is 12.1 Å². The molecule has 0 saturated heterocycles. The molecular formula is C10H13N3O. The predicted octanol–water partition coefficient (Wildman–Crippen LogP) is 1.60. The van der Waals surface area contributed by atoms with Crippen molar-refractivity contribution in [2.75, 3.05) is 0 Å². The van der Waals surface area contributed by atoms with Crippen LogP contribution in [0.3, 0.4) is 0 Å². The second kappa shape index (κ2) is 5.11. The monoisotopic (exact) mass is 191 g/mol. The molecule has 0 aliphatic heterocycles. The summed E-state index contributed by atoms with van der Waals surface area (Å²) in [5.41, 5.74) is 3.69. The summed E-state index contributed by atoms with van der Waals surface area (Å²) >= 11 is 0. The highest BCUT2D eigenvalue weighted by Gasteiger charge is 2.03. The Morgan fingerprint density at radius 1 is 1.57 bits per heavy atom. The molecule has 1 amide bonds. The summed E-state index contributed by atoms with van der Waals surface area (Å²) in [5.74, 6) is -0.279. The van der Waals surface area contributed by atoms with Crippen molar-refractivity contribution in [3.8, 4) is 0 Å². The standard InChI is InChI=1S/C10H13N3O/c1-3-8(2)12-13-10(14)9-6-4-5-7-11-9/h4-7H,3H2,1-2H3,(H,13,14). The van der Waals surface area contributed by atoms with Crippen molar-refractivity contribution in [3.63, 3.8) is 0 Å². The number of aromatic nitrogens is 1. The van der Waals surface area contributed by atoms with Crippen LogP contribution in [0.4, 0.5) is 0 Å². The van der Waals surface area contributed by atoms with E-state index in [4.69, 9.17) is 0 Å². The third kappa shape index (κ3) is 2.97. The summed E-state index contributed by atoms with van der Waals surface area (Å²) in [5, 5.41) is 3.90. The maximum atomic E-state index is 11.4. The largest absolute Gasteiger partial charge is 0.289 e. The molecule has 0 radical (unpaired) electrons. The van der Waals surface area contributed by atoms with E-state index in [9.17, 15) is 4.79 Å². The lowest BCUT2D eigenvalue weighted by molar-refractivity contribution is 0.0950. The number of amides is 1. The molecule has 1 N–H and O–H groups in total. The van der Waals surface area contributed by atoms with Gasteiger partial charge in [-0.25, -0.2) is 5.43 Å². The van der Waals surface area contributed by atoms with E-state index in [0.29, 0.717) is 5.69 Å². The smallest absolute Gasteiger partial charge is 0.266 e. The summed E-state index contributed by atoms with van der Waals surface area (Å²) in [4.78, 5) is 15.3. The summed E-state index contributed by atoms with van der Waals surface area (Å²) in [6, 6.07) is 5.17. The second-order valence-corrected chi connectivity index (χ2v) is 2.86. The summed E-state index contributed by atoms with van der Waals surface area (Å²) < 4.78 is 0. The highest BCUT2D eigenvalue weighted by Crippen LogP contribution is 1.92. The predicted molar refractivity (Wildman–Crippen MR) is 55.1 cm³/mol. The lowest BCUT2D eigenvalue weighted by atomic mass is 10.3. The van der Waals surface area contributed by atoms with Crippen LogP contribution in [0.15, 0.2) is 29.5 Å². The number of rotatable bonds is 3. The van der Waals surface area contributed by atoms with Gasteiger partial charge >= 0.3 is 0 Å². The van der Waals surface area contributed by atoms with Crippen molar-refractivity contribution < 1.29 is 4.79 Å². The highest BCUT2D eigenvalue weighted by atomic mass is 16.2. The van der Waals surface area contributed by atoms with E-state index in [1.165, 1.54) is 0 Å². The van der Waals surface area contributed by atoms with E-state index in [1.54, 1.807) is 24.4 Å². The molecule has 0 spiro atoms. The van der Waals surface area contributed by atoms with Crippen LogP contribution in [0, 0.1) is 0 Å². The number of nitrogens with one attached hydrogen (secondary N) is 1. The third-order valence-electron chi connectivity index (χ3n) is 1.76. The number of carbonyl (C=O) groups excluding carboxylic acids is 1. The average Bonchev–Trinajstić information content (AvgIpc) is 2.26. The van der Waals surface area contributed by atoms with Gasteiger partial charge in [-0.3, -0.25) is 9.78 Å². The molecule has 1 aromatic heterocycles. The van der Waals surface area contributed by atoms with E-state index < -0.39 is 0 Å². The van der Waals surface area contributed by atoms with Crippen LogP contribution in [0.25, 0.3) is 0 Å². The topological polar surface area (TPSA) is 54.4 Å². The minimum absolute atomic E-state index is 0.279. The van der Waals surface area contributed by atoms with Gasteiger partial charge in [0.1, 0.15) is 5.69 Å². The van der Waals surface area contributed by atoms with Crippen molar-refractivity contribution in [1.29, 1.82) is 0 Å². The zero-order valence-electron chi connectivity index (χ0n) is 8.32. The first-order valence-corrected chi connectivity index (χ1v) is 4.48. The molecule has 0 aliphatic carbocycles. The first kappa shape index (κ1) is 10.4. The lowest BCUT2D eigenvalue weighted by Crippen LogP contribution is -2.19. The van der Waals surface area contributed by atoms with Crippen molar-refractivity contribution in [2.45, 2.75) is 20.3 Å². The molecule has 74 valence electrons. The van der Waals surface area contributed by atoms with Gasteiger partial charge in [0, 0.05) is 11.9 Å². The van der Waals surface area contributed by atoms with Gasteiger partial charge in [0.25, 0.3) is 5.91 Å². The highest BCUT2D eigenvalue weighted by molar-refractivity contribution is 5.93. The summed E-state index contributed by atoms with van der Waals surface area (Å²) in [6.45, 7) is 3.84. The lowest BCUT2D eigenvalue weighted by Gasteiger charge is -1.99. The summed E-state index contributed by atoms with van der Waals surface area (Å²) in [6.07, 6.45) is 2.40. The van der Waals surface area contributed by atoms with E-state index in [-0.39, 0.29) is 5.91 Å². The first-order valence-electron chi connectivity index (χ1n) is 4.48. The Labute approximate surface area is 83.1 Å². The van der Waals surface area contributed by atoms with Crippen LogP contribution in [-0.4, -0.2) is 16.6 Å². The fourth-order valence-corrected chi connectivity index (χ4v) is 0.780. The van der Waals surface area contributed by atoms with Crippen molar-refractivity contribution in [3.05, 3.63) is 30.1 Å². The van der Waals surface area contributed by atoms with Gasteiger partial charge in [-0.1, -0.05) is 13.0 Å².